The summed E-state index contributed by atoms with van der Waals surface area (Å²) in [6.07, 6.45) is 1.55. The van der Waals surface area contributed by atoms with Gasteiger partial charge in [0.05, 0.1) is 19.6 Å². The van der Waals surface area contributed by atoms with Crippen molar-refractivity contribution in [1.82, 2.24) is 20.3 Å². The van der Waals surface area contributed by atoms with Crippen LogP contribution in [0.3, 0.4) is 0 Å². The Balaban J connectivity index is 1.69. The molecule has 2 fully saturated rings. The van der Waals surface area contributed by atoms with Gasteiger partial charge in [0.1, 0.15) is 11.7 Å². The second kappa shape index (κ2) is 6.30. The topological polar surface area (TPSA) is 117 Å². The third-order valence-electron chi connectivity index (χ3n) is 4.13. The highest BCUT2D eigenvalue weighted by molar-refractivity contribution is 5.88. The lowest BCUT2D eigenvalue weighted by Crippen LogP contribution is -2.44. The van der Waals surface area contributed by atoms with Crippen LogP contribution in [0.4, 0.5) is 5.82 Å². The molecule has 0 saturated carbocycles. The van der Waals surface area contributed by atoms with Gasteiger partial charge >= 0.3 is 0 Å². The van der Waals surface area contributed by atoms with Gasteiger partial charge in [0.2, 0.25) is 11.8 Å². The monoisotopic (exact) mass is 308 g/mol. The van der Waals surface area contributed by atoms with Crippen molar-refractivity contribution in [1.29, 1.82) is 0 Å². The molecule has 0 spiro atoms. The SMILES string of the molecule is NC(=O)C1CCCN1C(=O)Cc1n[nH]nc1N1CCOCC1. The number of ether oxygens (including phenoxy) is 1. The zero-order chi connectivity index (χ0) is 15.5. The predicted octanol–water partition coefficient (Wildman–Crippen LogP) is -1.34. The van der Waals surface area contributed by atoms with Crippen molar-refractivity contribution in [2.45, 2.75) is 25.3 Å². The number of nitrogens with one attached hydrogen (secondary N) is 1. The fourth-order valence-electron chi connectivity index (χ4n) is 3.00. The van der Waals surface area contributed by atoms with Crippen molar-refractivity contribution in [3.8, 4) is 0 Å². The molecule has 2 aliphatic heterocycles. The number of nitrogens with zero attached hydrogens (tertiary/aromatic N) is 4. The molecule has 3 rings (SSSR count). The third-order valence-corrected chi connectivity index (χ3v) is 4.13. The number of carbonyl (C=O) groups is 2. The minimum atomic E-state index is -0.494. The average Bonchev–Trinajstić information content (AvgIpc) is 3.17. The molecule has 0 aromatic carbocycles. The fourth-order valence-corrected chi connectivity index (χ4v) is 3.00. The molecular formula is C13H20N6O3. The Kier molecular flexibility index (Phi) is 4.23. The molecule has 120 valence electrons. The Bertz CT molecular complexity index is 554. The first-order valence-corrected chi connectivity index (χ1v) is 7.48. The largest absolute Gasteiger partial charge is 0.378 e. The van der Waals surface area contributed by atoms with E-state index in [1.807, 2.05) is 4.90 Å². The molecule has 9 nitrogen and oxygen atoms in total. The third kappa shape index (κ3) is 2.89. The van der Waals surface area contributed by atoms with Gasteiger partial charge in [-0.05, 0) is 12.8 Å². The van der Waals surface area contributed by atoms with Crippen LogP contribution in [0.15, 0.2) is 0 Å². The fraction of sp³-hybridized carbons (Fsp3) is 0.692. The molecule has 22 heavy (non-hydrogen) atoms. The molecule has 0 aliphatic carbocycles. The van der Waals surface area contributed by atoms with E-state index in [9.17, 15) is 9.59 Å². The summed E-state index contributed by atoms with van der Waals surface area (Å²) in [6, 6.07) is -0.494. The Hall–Kier alpha value is -2.16. The van der Waals surface area contributed by atoms with Gasteiger partial charge < -0.3 is 20.3 Å². The number of nitrogens with two attached hydrogens (primary N) is 1. The zero-order valence-corrected chi connectivity index (χ0v) is 12.3. The summed E-state index contributed by atoms with van der Waals surface area (Å²) in [5.74, 6) is 0.107. The standard InChI is InChI=1S/C13H20N6O3/c14-12(21)10-2-1-3-19(10)11(20)8-9-13(16-17-15-9)18-4-6-22-7-5-18/h10H,1-8H2,(H2,14,21)(H,15,16,17). The Morgan fingerprint density at radius 1 is 1.27 bits per heavy atom. The number of aromatic amines is 1. The number of aromatic nitrogens is 3. The number of morpholine rings is 1. The summed E-state index contributed by atoms with van der Waals surface area (Å²) in [6.45, 7) is 3.28. The first kappa shape index (κ1) is 14.8. The lowest BCUT2D eigenvalue weighted by Gasteiger charge is -2.27. The number of likely N-dealkylation sites (tertiary alicyclic amines) is 1. The summed E-state index contributed by atoms with van der Waals surface area (Å²) in [4.78, 5) is 27.5. The quantitative estimate of drug-likeness (QED) is 0.711. The van der Waals surface area contributed by atoms with E-state index >= 15 is 0 Å². The first-order valence-electron chi connectivity index (χ1n) is 7.48. The van der Waals surface area contributed by atoms with Gasteiger partial charge in [-0.1, -0.05) is 0 Å². The van der Waals surface area contributed by atoms with Gasteiger partial charge in [-0.2, -0.15) is 10.3 Å². The van der Waals surface area contributed by atoms with Crippen LogP contribution in [0.5, 0.6) is 0 Å². The minimum Gasteiger partial charge on any atom is -0.378 e. The van der Waals surface area contributed by atoms with Crippen molar-refractivity contribution in [2.24, 2.45) is 5.73 Å². The second-order valence-corrected chi connectivity index (χ2v) is 5.52. The summed E-state index contributed by atoms with van der Waals surface area (Å²) >= 11 is 0. The number of anilines is 1. The van der Waals surface area contributed by atoms with E-state index in [2.05, 4.69) is 15.4 Å². The van der Waals surface area contributed by atoms with Crippen LogP contribution in [0.25, 0.3) is 0 Å². The van der Waals surface area contributed by atoms with Crippen LogP contribution < -0.4 is 10.6 Å². The lowest BCUT2D eigenvalue weighted by molar-refractivity contribution is -0.136. The molecule has 3 N–H and O–H groups in total. The summed E-state index contributed by atoms with van der Waals surface area (Å²) < 4.78 is 5.31. The molecule has 1 aromatic rings. The number of carbonyl (C=O) groups excluding carboxylic acids is 2. The maximum Gasteiger partial charge on any atom is 0.240 e. The minimum absolute atomic E-state index is 0.118. The summed E-state index contributed by atoms with van der Waals surface area (Å²) in [7, 11) is 0. The van der Waals surface area contributed by atoms with E-state index in [1.54, 1.807) is 4.90 Å². The van der Waals surface area contributed by atoms with Crippen molar-refractivity contribution in [3.63, 3.8) is 0 Å². The normalized spacial score (nSPS) is 22.1. The van der Waals surface area contributed by atoms with E-state index in [0.29, 0.717) is 37.7 Å². The van der Waals surface area contributed by atoms with Crippen LogP contribution >= 0.6 is 0 Å². The number of H-pyrrole nitrogens is 1. The molecule has 3 heterocycles. The number of hydrogen-bond acceptors (Lipinski definition) is 6. The second-order valence-electron chi connectivity index (χ2n) is 5.52. The van der Waals surface area contributed by atoms with Crippen molar-refractivity contribution in [3.05, 3.63) is 5.69 Å². The summed E-state index contributed by atoms with van der Waals surface area (Å²) in [5.41, 5.74) is 5.96. The van der Waals surface area contributed by atoms with E-state index in [0.717, 1.165) is 19.5 Å². The van der Waals surface area contributed by atoms with Gasteiger partial charge in [-0.3, -0.25) is 9.59 Å². The van der Waals surface area contributed by atoms with Gasteiger partial charge in [-0.25, -0.2) is 0 Å². The van der Waals surface area contributed by atoms with Gasteiger partial charge in [0, 0.05) is 19.6 Å². The van der Waals surface area contributed by atoms with E-state index < -0.39 is 11.9 Å². The van der Waals surface area contributed by atoms with Crippen LogP contribution in [0.2, 0.25) is 0 Å². The van der Waals surface area contributed by atoms with Crippen molar-refractivity contribution in [2.75, 3.05) is 37.7 Å². The molecule has 1 aromatic heterocycles. The maximum absolute atomic E-state index is 12.5. The summed E-state index contributed by atoms with van der Waals surface area (Å²) in [5, 5.41) is 10.8. The first-order chi connectivity index (χ1) is 10.7. The molecule has 0 radical (unpaired) electrons. The zero-order valence-electron chi connectivity index (χ0n) is 12.3. The van der Waals surface area contributed by atoms with Gasteiger partial charge in [0.25, 0.3) is 0 Å². The van der Waals surface area contributed by atoms with Gasteiger partial charge in [-0.15, -0.1) is 5.10 Å². The molecular weight excluding hydrogens is 288 g/mol. The Morgan fingerprint density at radius 3 is 2.77 bits per heavy atom. The number of rotatable bonds is 4. The molecule has 2 amide bonds. The molecule has 1 atom stereocenters. The highest BCUT2D eigenvalue weighted by Gasteiger charge is 2.33. The molecule has 2 saturated heterocycles. The molecule has 9 heteroatoms. The van der Waals surface area contributed by atoms with Crippen molar-refractivity contribution < 1.29 is 14.3 Å². The van der Waals surface area contributed by atoms with Crippen LogP contribution in [-0.2, 0) is 20.7 Å². The van der Waals surface area contributed by atoms with E-state index in [-0.39, 0.29) is 12.3 Å². The highest BCUT2D eigenvalue weighted by atomic mass is 16.5. The number of amides is 2. The van der Waals surface area contributed by atoms with E-state index in [1.165, 1.54) is 0 Å². The predicted molar refractivity (Wildman–Crippen MR) is 77.0 cm³/mol. The Labute approximate surface area is 127 Å². The highest BCUT2D eigenvalue weighted by Crippen LogP contribution is 2.21. The molecule has 0 bridgehead atoms. The molecule has 1 unspecified atom stereocenters. The number of hydrogen-bond donors (Lipinski definition) is 2. The molecule has 2 aliphatic rings. The van der Waals surface area contributed by atoms with Crippen LogP contribution in [0, 0.1) is 0 Å². The van der Waals surface area contributed by atoms with E-state index in [4.69, 9.17) is 10.5 Å². The Morgan fingerprint density at radius 2 is 2.05 bits per heavy atom. The van der Waals surface area contributed by atoms with Gasteiger partial charge in [0.15, 0.2) is 5.82 Å². The smallest absolute Gasteiger partial charge is 0.240 e. The lowest BCUT2D eigenvalue weighted by atomic mass is 10.2. The number of primary amides is 1. The van der Waals surface area contributed by atoms with Crippen molar-refractivity contribution >= 4 is 17.6 Å². The van der Waals surface area contributed by atoms with Crippen LogP contribution in [-0.4, -0.2) is 71.0 Å². The average molecular weight is 308 g/mol. The van der Waals surface area contributed by atoms with Crippen LogP contribution in [0.1, 0.15) is 18.5 Å². The maximum atomic E-state index is 12.5.